The lowest BCUT2D eigenvalue weighted by molar-refractivity contribution is 0.210. The summed E-state index contributed by atoms with van der Waals surface area (Å²) in [6.45, 7) is 2.00. The number of rotatable bonds is 7. The van der Waals surface area contributed by atoms with Crippen molar-refractivity contribution < 1.29 is 18.9 Å². The van der Waals surface area contributed by atoms with Crippen LogP contribution in [0.3, 0.4) is 0 Å². The third kappa shape index (κ3) is 4.10. The van der Waals surface area contributed by atoms with Gasteiger partial charge in [-0.3, -0.25) is 0 Å². The summed E-state index contributed by atoms with van der Waals surface area (Å²) in [5, 5.41) is 0. The van der Waals surface area contributed by atoms with Crippen molar-refractivity contribution in [3.63, 3.8) is 0 Å². The molecule has 0 radical (unpaired) electrons. The van der Waals surface area contributed by atoms with E-state index in [1.807, 2.05) is 49.4 Å². The smallest absolute Gasteiger partial charge is 0.161 e. The highest BCUT2D eigenvalue weighted by Crippen LogP contribution is 2.37. The van der Waals surface area contributed by atoms with Gasteiger partial charge in [0.25, 0.3) is 0 Å². The van der Waals surface area contributed by atoms with Crippen LogP contribution in [0, 0.1) is 0 Å². The first-order valence-corrected chi connectivity index (χ1v) is 8.18. The quantitative estimate of drug-likeness (QED) is 0.656. The molecular weight excluding hydrogens is 360 g/mol. The third-order valence-electron chi connectivity index (χ3n) is 3.52. The maximum absolute atomic E-state index is 6.04. The van der Waals surface area contributed by atoms with E-state index in [0.717, 1.165) is 5.56 Å². The molecule has 0 fully saturated rings. The van der Waals surface area contributed by atoms with Crippen molar-refractivity contribution in [1.29, 1.82) is 0 Å². The van der Waals surface area contributed by atoms with Crippen LogP contribution < -0.4 is 18.9 Å². The highest BCUT2D eigenvalue weighted by molar-refractivity contribution is 9.09. The maximum Gasteiger partial charge on any atom is 0.161 e. The second-order valence-electron chi connectivity index (χ2n) is 4.99. The van der Waals surface area contributed by atoms with Crippen LogP contribution in [-0.4, -0.2) is 27.4 Å². The number of ether oxygens (including phenoxy) is 4. The van der Waals surface area contributed by atoms with Crippen molar-refractivity contribution in [2.45, 2.75) is 17.9 Å². The lowest BCUT2D eigenvalue weighted by Crippen LogP contribution is -2.18. The molecule has 2 atom stereocenters. The number of hydrogen-bond acceptors (Lipinski definition) is 4. The van der Waals surface area contributed by atoms with Crippen LogP contribution in [0.2, 0.25) is 0 Å². The van der Waals surface area contributed by atoms with Gasteiger partial charge in [-0.1, -0.05) is 34.1 Å². The van der Waals surface area contributed by atoms with Gasteiger partial charge in [0, 0.05) is 0 Å². The molecule has 124 valence electrons. The zero-order chi connectivity index (χ0) is 16.8. The van der Waals surface area contributed by atoms with Crippen LogP contribution in [0.15, 0.2) is 42.5 Å². The Labute approximate surface area is 145 Å². The van der Waals surface area contributed by atoms with Crippen molar-refractivity contribution in [1.82, 2.24) is 0 Å². The average molecular weight is 381 g/mol. The van der Waals surface area contributed by atoms with Gasteiger partial charge >= 0.3 is 0 Å². The Bertz CT molecular complexity index is 645. The molecule has 0 saturated carbocycles. The van der Waals surface area contributed by atoms with Gasteiger partial charge in [-0.15, -0.1) is 0 Å². The molecule has 0 aliphatic carbocycles. The van der Waals surface area contributed by atoms with Gasteiger partial charge in [0.05, 0.1) is 26.2 Å². The minimum Gasteiger partial charge on any atom is -0.493 e. The fraction of sp³-hybridized carbons (Fsp3) is 0.333. The Hall–Kier alpha value is -1.88. The van der Waals surface area contributed by atoms with Gasteiger partial charge in [0.15, 0.2) is 23.0 Å². The molecule has 0 spiro atoms. The van der Waals surface area contributed by atoms with Crippen LogP contribution in [-0.2, 0) is 0 Å². The zero-order valence-electron chi connectivity index (χ0n) is 13.7. The second-order valence-corrected chi connectivity index (χ2v) is 5.98. The van der Waals surface area contributed by atoms with Crippen LogP contribution in [0.5, 0.6) is 23.0 Å². The van der Waals surface area contributed by atoms with Crippen molar-refractivity contribution in [2.75, 3.05) is 21.3 Å². The Balaban J connectivity index is 2.17. The zero-order valence-corrected chi connectivity index (χ0v) is 15.3. The predicted octanol–water partition coefficient (Wildman–Crippen LogP) is 4.62. The van der Waals surface area contributed by atoms with E-state index >= 15 is 0 Å². The third-order valence-corrected chi connectivity index (χ3v) is 4.79. The molecule has 5 heteroatoms. The maximum atomic E-state index is 6.04. The fourth-order valence-corrected chi connectivity index (χ4v) is 2.66. The normalized spacial score (nSPS) is 13.1. The van der Waals surface area contributed by atoms with Crippen LogP contribution >= 0.6 is 15.9 Å². The summed E-state index contributed by atoms with van der Waals surface area (Å²) in [5.41, 5.74) is 1.05. The largest absolute Gasteiger partial charge is 0.493 e. The number of para-hydroxylation sites is 2. The molecule has 0 amide bonds. The minimum absolute atomic E-state index is 0.00721. The topological polar surface area (TPSA) is 36.9 Å². The van der Waals surface area contributed by atoms with Gasteiger partial charge in [-0.25, -0.2) is 0 Å². The molecule has 0 heterocycles. The molecule has 0 bridgehead atoms. The van der Waals surface area contributed by atoms with Crippen molar-refractivity contribution in [2.24, 2.45) is 0 Å². The number of halogens is 1. The van der Waals surface area contributed by atoms with E-state index in [2.05, 4.69) is 15.9 Å². The van der Waals surface area contributed by atoms with Gasteiger partial charge in [-0.2, -0.15) is 0 Å². The molecule has 2 aromatic carbocycles. The summed E-state index contributed by atoms with van der Waals surface area (Å²) in [6.07, 6.45) is -0.107. The van der Waals surface area contributed by atoms with E-state index in [1.165, 1.54) is 0 Å². The molecule has 0 aliphatic heterocycles. The van der Waals surface area contributed by atoms with E-state index in [1.54, 1.807) is 21.3 Å². The number of alkyl halides is 1. The predicted molar refractivity (Wildman–Crippen MR) is 94.3 cm³/mol. The summed E-state index contributed by atoms with van der Waals surface area (Å²) in [5.74, 6) is 2.83. The summed E-state index contributed by atoms with van der Waals surface area (Å²) in [4.78, 5) is -0.00721. The summed E-state index contributed by atoms with van der Waals surface area (Å²) in [7, 11) is 4.88. The van der Waals surface area contributed by atoms with Gasteiger partial charge < -0.3 is 18.9 Å². The number of benzene rings is 2. The number of methoxy groups -OCH3 is 3. The molecule has 0 N–H and O–H groups in total. The molecular formula is C18H21BrO4. The molecule has 2 rings (SSSR count). The summed E-state index contributed by atoms with van der Waals surface area (Å²) in [6, 6.07) is 13.4. The monoisotopic (exact) mass is 380 g/mol. The van der Waals surface area contributed by atoms with Crippen molar-refractivity contribution in [3.8, 4) is 23.0 Å². The van der Waals surface area contributed by atoms with Crippen LogP contribution in [0.1, 0.15) is 17.3 Å². The van der Waals surface area contributed by atoms with Gasteiger partial charge in [0.1, 0.15) is 6.10 Å². The highest BCUT2D eigenvalue weighted by Gasteiger charge is 2.20. The first kappa shape index (κ1) is 17.5. The van der Waals surface area contributed by atoms with E-state index in [4.69, 9.17) is 18.9 Å². The summed E-state index contributed by atoms with van der Waals surface area (Å²) < 4.78 is 22.0. The van der Waals surface area contributed by atoms with E-state index in [0.29, 0.717) is 23.0 Å². The standard InChI is InChI=1S/C18H21BrO4/c1-12(23-16-8-6-5-7-14(16)20-2)18(19)13-9-10-15(21-3)17(11-13)22-4/h5-12,18H,1-4H3/t12-,18+/m1/s1. The number of hydrogen-bond donors (Lipinski definition) is 0. The SMILES string of the molecule is COc1ccc([C@@H](Br)[C@@H](C)Oc2ccccc2OC)cc1OC. The Morgan fingerprint density at radius 2 is 1.35 bits per heavy atom. The lowest BCUT2D eigenvalue weighted by atomic mass is 10.1. The molecule has 23 heavy (non-hydrogen) atoms. The first-order chi connectivity index (χ1) is 11.1. The van der Waals surface area contributed by atoms with E-state index in [-0.39, 0.29) is 10.9 Å². The molecule has 0 aliphatic rings. The van der Waals surface area contributed by atoms with Crippen molar-refractivity contribution >= 4 is 15.9 Å². The molecule has 2 aromatic rings. The highest BCUT2D eigenvalue weighted by atomic mass is 79.9. The molecule has 0 saturated heterocycles. The lowest BCUT2D eigenvalue weighted by Gasteiger charge is -2.22. The molecule has 0 unspecified atom stereocenters. The Morgan fingerprint density at radius 1 is 0.783 bits per heavy atom. The summed E-state index contributed by atoms with van der Waals surface area (Å²) >= 11 is 3.70. The Kier molecular flexibility index (Phi) is 6.16. The molecule has 4 nitrogen and oxygen atoms in total. The van der Waals surface area contributed by atoms with E-state index < -0.39 is 0 Å². The second kappa shape index (κ2) is 8.11. The van der Waals surface area contributed by atoms with E-state index in [9.17, 15) is 0 Å². The Morgan fingerprint density at radius 3 is 1.96 bits per heavy atom. The minimum atomic E-state index is -0.107. The first-order valence-electron chi connectivity index (χ1n) is 7.26. The van der Waals surface area contributed by atoms with Crippen LogP contribution in [0.4, 0.5) is 0 Å². The van der Waals surface area contributed by atoms with Gasteiger partial charge in [0.2, 0.25) is 0 Å². The van der Waals surface area contributed by atoms with Crippen molar-refractivity contribution in [3.05, 3.63) is 48.0 Å². The fourth-order valence-electron chi connectivity index (χ4n) is 2.27. The average Bonchev–Trinajstić information content (AvgIpc) is 2.60. The van der Waals surface area contributed by atoms with Gasteiger partial charge in [-0.05, 0) is 36.8 Å². The molecule has 0 aromatic heterocycles. The van der Waals surface area contributed by atoms with Crippen LogP contribution in [0.25, 0.3) is 0 Å².